The summed E-state index contributed by atoms with van der Waals surface area (Å²) in [6, 6.07) is 6.11. The van der Waals surface area contributed by atoms with Crippen LogP contribution in [0.25, 0.3) is 0 Å². The van der Waals surface area contributed by atoms with Gasteiger partial charge in [0.05, 0.1) is 4.90 Å². The van der Waals surface area contributed by atoms with E-state index in [1.54, 1.807) is 17.0 Å². The zero-order valence-corrected chi connectivity index (χ0v) is 17.2. The van der Waals surface area contributed by atoms with E-state index < -0.39 is 10.0 Å². The lowest BCUT2D eigenvalue weighted by molar-refractivity contribution is -0.132. The molecule has 10 heteroatoms. The summed E-state index contributed by atoms with van der Waals surface area (Å²) in [5.41, 5.74) is 0. The Morgan fingerprint density at radius 3 is 2.46 bits per heavy atom. The Labute approximate surface area is 169 Å². The van der Waals surface area contributed by atoms with E-state index in [1.807, 2.05) is 6.92 Å². The van der Waals surface area contributed by atoms with Crippen molar-refractivity contribution >= 4 is 27.5 Å². The van der Waals surface area contributed by atoms with Crippen LogP contribution in [0.4, 0.5) is 0 Å². The molecule has 0 aliphatic carbocycles. The van der Waals surface area contributed by atoms with Crippen molar-refractivity contribution in [3.63, 3.8) is 0 Å². The summed E-state index contributed by atoms with van der Waals surface area (Å²) in [4.78, 5) is 18.5. The molecule has 0 unspecified atom stereocenters. The van der Waals surface area contributed by atoms with Crippen LogP contribution in [-0.2, 0) is 27.7 Å². The number of aryl methyl sites for hydroxylation is 2. The van der Waals surface area contributed by atoms with Crippen molar-refractivity contribution in [2.45, 2.75) is 37.5 Å². The number of carbonyl (C=O) groups excluding carboxylic acids is 1. The molecule has 0 bridgehead atoms. The third-order valence-corrected chi connectivity index (χ3v) is 6.82. The molecule has 1 aromatic heterocycles. The van der Waals surface area contributed by atoms with Crippen LogP contribution >= 0.6 is 11.6 Å². The highest BCUT2D eigenvalue weighted by Gasteiger charge is 2.29. The van der Waals surface area contributed by atoms with Gasteiger partial charge in [-0.25, -0.2) is 8.42 Å². The van der Waals surface area contributed by atoms with Gasteiger partial charge >= 0.3 is 0 Å². The van der Waals surface area contributed by atoms with Gasteiger partial charge in [0, 0.05) is 50.5 Å². The molecule has 0 radical (unpaired) electrons. The highest BCUT2D eigenvalue weighted by Crippen LogP contribution is 2.20. The fourth-order valence-corrected chi connectivity index (χ4v) is 4.57. The van der Waals surface area contributed by atoms with Crippen LogP contribution in [0.15, 0.2) is 33.7 Å². The van der Waals surface area contributed by atoms with E-state index in [1.165, 1.54) is 16.4 Å². The number of rotatable bonds is 7. The van der Waals surface area contributed by atoms with Crippen molar-refractivity contribution < 1.29 is 17.7 Å². The first-order chi connectivity index (χ1) is 13.4. The van der Waals surface area contributed by atoms with E-state index in [0.29, 0.717) is 55.5 Å². The first-order valence-corrected chi connectivity index (χ1v) is 11.1. The van der Waals surface area contributed by atoms with Gasteiger partial charge in [0.15, 0.2) is 5.82 Å². The molecule has 1 amide bonds. The molecule has 8 nitrogen and oxygen atoms in total. The summed E-state index contributed by atoms with van der Waals surface area (Å²) in [6.45, 7) is 3.27. The smallest absolute Gasteiger partial charge is 0.243 e. The molecule has 2 heterocycles. The molecule has 0 saturated carbocycles. The maximum absolute atomic E-state index is 12.7. The summed E-state index contributed by atoms with van der Waals surface area (Å²) in [5.74, 6) is 1.22. The first kappa shape index (κ1) is 20.8. The second kappa shape index (κ2) is 9.02. The van der Waals surface area contributed by atoms with Gasteiger partial charge in [-0.05, 0) is 30.7 Å². The number of benzene rings is 1. The molecule has 152 valence electrons. The average molecular weight is 427 g/mol. The largest absolute Gasteiger partial charge is 0.340 e. The highest BCUT2D eigenvalue weighted by molar-refractivity contribution is 7.89. The van der Waals surface area contributed by atoms with Crippen LogP contribution in [0.1, 0.15) is 31.5 Å². The minimum absolute atomic E-state index is 0.0128. The zero-order chi connectivity index (χ0) is 20.1. The van der Waals surface area contributed by atoms with E-state index in [2.05, 4.69) is 10.1 Å². The van der Waals surface area contributed by atoms with Gasteiger partial charge in [-0.2, -0.15) is 9.29 Å². The molecule has 1 fully saturated rings. The number of nitrogens with zero attached hydrogens (tertiary/aromatic N) is 4. The quantitative estimate of drug-likeness (QED) is 0.672. The summed E-state index contributed by atoms with van der Waals surface area (Å²) in [5, 5.41) is 4.32. The fourth-order valence-electron chi connectivity index (χ4n) is 3.02. The number of carbonyl (C=O) groups is 1. The normalized spacial score (nSPS) is 15.7. The Morgan fingerprint density at radius 2 is 1.86 bits per heavy atom. The molecule has 1 saturated heterocycles. The predicted molar refractivity (Wildman–Crippen MR) is 103 cm³/mol. The minimum atomic E-state index is -3.57. The Morgan fingerprint density at radius 1 is 1.18 bits per heavy atom. The van der Waals surface area contributed by atoms with Crippen LogP contribution in [-0.4, -0.2) is 59.8 Å². The van der Waals surface area contributed by atoms with Crippen molar-refractivity contribution in [1.82, 2.24) is 19.3 Å². The van der Waals surface area contributed by atoms with E-state index >= 15 is 0 Å². The lowest BCUT2D eigenvalue weighted by atomic mass is 10.2. The number of halogens is 1. The van der Waals surface area contributed by atoms with Crippen molar-refractivity contribution in [2.24, 2.45) is 0 Å². The molecular weight excluding hydrogens is 404 g/mol. The average Bonchev–Trinajstić information content (AvgIpc) is 3.16. The van der Waals surface area contributed by atoms with Crippen LogP contribution in [0.5, 0.6) is 0 Å². The highest BCUT2D eigenvalue weighted by atomic mass is 35.5. The van der Waals surface area contributed by atoms with Crippen molar-refractivity contribution in [1.29, 1.82) is 0 Å². The van der Waals surface area contributed by atoms with Crippen LogP contribution in [0.2, 0.25) is 5.02 Å². The number of hydrogen-bond acceptors (Lipinski definition) is 6. The molecule has 0 N–H and O–H groups in total. The topological polar surface area (TPSA) is 96.6 Å². The summed E-state index contributed by atoms with van der Waals surface area (Å²) < 4.78 is 31.9. The maximum Gasteiger partial charge on any atom is 0.243 e. The number of piperazine rings is 1. The van der Waals surface area contributed by atoms with Gasteiger partial charge < -0.3 is 9.42 Å². The maximum atomic E-state index is 12.7. The van der Waals surface area contributed by atoms with Crippen LogP contribution in [0.3, 0.4) is 0 Å². The molecule has 28 heavy (non-hydrogen) atoms. The lowest BCUT2D eigenvalue weighted by Crippen LogP contribution is -2.50. The van der Waals surface area contributed by atoms with Gasteiger partial charge in [-0.1, -0.05) is 23.7 Å². The standard InChI is InChI=1S/C18H23ClN4O4S/c1-2-16-20-17(27-21-16)4-3-5-18(24)22-10-12-23(13-11-22)28(25,26)15-8-6-14(19)7-9-15/h6-9H,2-5,10-13H2,1H3. The van der Waals surface area contributed by atoms with E-state index in [-0.39, 0.29) is 23.9 Å². The number of sulfonamides is 1. The van der Waals surface area contributed by atoms with E-state index in [4.69, 9.17) is 16.1 Å². The number of hydrogen-bond donors (Lipinski definition) is 0. The van der Waals surface area contributed by atoms with E-state index in [0.717, 1.165) is 0 Å². The molecular formula is C18H23ClN4O4S. The summed E-state index contributed by atoms with van der Waals surface area (Å²) >= 11 is 5.82. The molecule has 1 aliphatic heterocycles. The molecule has 0 spiro atoms. The van der Waals surface area contributed by atoms with Gasteiger partial charge in [-0.3, -0.25) is 4.79 Å². The molecule has 0 atom stereocenters. The van der Waals surface area contributed by atoms with Crippen molar-refractivity contribution in [3.8, 4) is 0 Å². The van der Waals surface area contributed by atoms with Crippen molar-refractivity contribution in [2.75, 3.05) is 26.2 Å². The summed E-state index contributed by atoms with van der Waals surface area (Å²) in [6.07, 6.45) is 2.26. The number of aromatic nitrogens is 2. The van der Waals surface area contributed by atoms with Crippen LogP contribution in [0, 0.1) is 0 Å². The molecule has 3 rings (SSSR count). The molecule has 1 aromatic carbocycles. The Balaban J connectivity index is 1.47. The van der Waals surface area contributed by atoms with Crippen molar-refractivity contribution in [3.05, 3.63) is 41.0 Å². The second-order valence-corrected chi connectivity index (χ2v) is 8.92. The lowest BCUT2D eigenvalue weighted by Gasteiger charge is -2.34. The minimum Gasteiger partial charge on any atom is -0.340 e. The molecule has 1 aliphatic rings. The second-order valence-electron chi connectivity index (χ2n) is 6.55. The molecule has 2 aromatic rings. The zero-order valence-electron chi connectivity index (χ0n) is 15.7. The van der Waals surface area contributed by atoms with Crippen LogP contribution < -0.4 is 0 Å². The van der Waals surface area contributed by atoms with E-state index in [9.17, 15) is 13.2 Å². The van der Waals surface area contributed by atoms with Gasteiger partial charge in [0.2, 0.25) is 21.8 Å². The third-order valence-electron chi connectivity index (χ3n) is 4.65. The monoisotopic (exact) mass is 426 g/mol. The first-order valence-electron chi connectivity index (χ1n) is 9.25. The summed E-state index contributed by atoms with van der Waals surface area (Å²) in [7, 11) is -3.57. The Hall–Kier alpha value is -1.97. The predicted octanol–water partition coefficient (Wildman–Crippen LogP) is 2.14. The van der Waals surface area contributed by atoms with Gasteiger partial charge in [0.25, 0.3) is 0 Å². The Kier molecular flexibility index (Phi) is 6.69. The third kappa shape index (κ3) is 4.89. The SMILES string of the molecule is CCc1noc(CCCC(=O)N2CCN(S(=O)(=O)c3ccc(Cl)cc3)CC2)n1. The fraction of sp³-hybridized carbons (Fsp3) is 0.500. The van der Waals surface area contributed by atoms with Gasteiger partial charge in [0.1, 0.15) is 0 Å². The number of amides is 1. The Bertz CT molecular complexity index is 906. The van der Waals surface area contributed by atoms with Gasteiger partial charge in [-0.15, -0.1) is 0 Å².